The fourth-order valence-electron chi connectivity index (χ4n) is 2.75. The molecule has 1 aromatic heterocycles. The summed E-state index contributed by atoms with van der Waals surface area (Å²) in [5.74, 6) is 0. The Hall–Kier alpha value is -2.61. The second kappa shape index (κ2) is 8.18. The van der Waals surface area contributed by atoms with Gasteiger partial charge in [-0.1, -0.05) is 18.2 Å². The van der Waals surface area contributed by atoms with E-state index in [1.165, 1.54) is 3.57 Å². The number of carbonyl (C=O) groups is 1. The largest absolute Gasteiger partial charge is 0.339 e. The van der Waals surface area contributed by atoms with E-state index in [4.69, 9.17) is 0 Å². The van der Waals surface area contributed by atoms with Gasteiger partial charge < -0.3 is 9.88 Å². The summed E-state index contributed by atoms with van der Waals surface area (Å²) in [4.78, 5) is 11.9. The van der Waals surface area contributed by atoms with Crippen molar-refractivity contribution in [3.05, 3.63) is 81.2 Å². The van der Waals surface area contributed by atoms with E-state index >= 15 is 0 Å². The molecule has 0 radical (unpaired) electrons. The molecule has 6 heteroatoms. The van der Waals surface area contributed by atoms with Gasteiger partial charge in [0.2, 0.25) is 0 Å². The number of benzene rings is 2. The summed E-state index contributed by atoms with van der Waals surface area (Å²) >= 11 is 2.29. The van der Waals surface area contributed by atoms with Crippen LogP contribution in [0.3, 0.4) is 0 Å². The van der Waals surface area contributed by atoms with Crippen molar-refractivity contribution in [3.8, 4) is 5.69 Å². The first kappa shape index (κ1) is 18.2. The summed E-state index contributed by atoms with van der Waals surface area (Å²) in [6.07, 6.45) is 1.66. The minimum Gasteiger partial charge on any atom is -0.318 e. The number of halogens is 1. The normalized spacial score (nSPS) is 10.9. The van der Waals surface area contributed by atoms with Crippen molar-refractivity contribution >= 4 is 40.5 Å². The quantitative estimate of drug-likeness (QED) is 0.328. The summed E-state index contributed by atoms with van der Waals surface area (Å²) in [6.45, 7) is 4.09. The molecule has 3 aromatic rings. The molecule has 2 amide bonds. The lowest BCUT2D eigenvalue weighted by atomic mass is 10.2. The number of hydrazone groups is 1. The maximum atomic E-state index is 11.9. The first-order chi connectivity index (χ1) is 12.5. The summed E-state index contributed by atoms with van der Waals surface area (Å²) in [7, 11) is 0. The number of nitrogens with one attached hydrogen (secondary N) is 2. The van der Waals surface area contributed by atoms with Crippen LogP contribution in [0.25, 0.3) is 5.69 Å². The SMILES string of the molecule is Cc1cc(/C=N/NC(=O)Nc2ccccc2)c(C)n1-c1ccc(I)cc1. The lowest BCUT2D eigenvalue weighted by molar-refractivity contribution is 0.252. The molecule has 3 rings (SSSR count). The second-order valence-electron chi connectivity index (χ2n) is 5.83. The summed E-state index contributed by atoms with van der Waals surface area (Å²) in [6, 6.07) is 19.3. The number of hydrogen-bond donors (Lipinski definition) is 2. The molecule has 0 aliphatic heterocycles. The van der Waals surface area contributed by atoms with Gasteiger partial charge in [0.05, 0.1) is 6.21 Å². The van der Waals surface area contributed by atoms with Crippen LogP contribution in [-0.4, -0.2) is 16.8 Å². The fraction of sp³-hybridized carbons (Fsp3) is 0.100. The number of urea groups is 1. The van der Waals surface area contributed by atoms with Gasteiger partial charge >= 0.3 is 6.03 Å². The average molecular weight is 458 g/mol. The molecule has 132 valence electrons. The van der Waals surface area contributed by atoms with Crippen LogP contribution in [0.1, 0.15) is 17.0 Å². The van der Waals surface area contributed by atoms with Crippen molar-refractivity contribution in [2.24, 2.45) is 5.10 Å². The predicted molar refractivity (Wildman–Crippen MR) is 114 cm³/mol. The van der Waals surface area contributed by atoms with Crippen molar-refractivity contribution in [3.63, 3.8) is 0 Å². The highest BCUT2D eigenvalue weighted by Gasteiger charge is 2.09. The number of aryl methyl sites for hydroxylation is 1. The smallest absolute Gasteiger partial charge is 0.318 e. The highest BCUT2D eigenvalue weighted by atomic mass is 127. The second-order valence-corrected chi connectivity index (χ2v) is 7.07. The zero-order chi connectivity index (χ0) is 18.5. The van der Waals surface area contributed by atoms with Crippen LogP contribution in [0.5, 0.6) is 0 Å². The molecule has 1 heterocycles. The van der Waals surface area contributed by atoms with E-state index in [-0.39, 0.29) is 6.03 Å². The maximum absolute atomic E-state index is 11.9. The highest BCUT2D eigenvalue weighted by molar-refractivity contribution is 14.1. The Morgan fingerprint density at radius 1 is 1.08 bits per heavy atom. The molecule has 0 aliphatic rings. The van der Waals surface area contributed by atoms with E-state index in [0.29, 0.717) is 0 Å². The lowest BCUT2D eigenvalue weighted by Gasteiger charge is -2.09. The number of hydrogen-bond acceptors (Lipinski definition) is 2. The van der Waals surface area contributed by atoms with Gasteiger partial charge in [-0.3, -0.25) is 0 Å². The summed E-state index contributed by atoms with van der Waals surface area (Å²) in [5.41, 5.74) is 7.45. The molecule has 0 bridgehead atoms. The third kappa shape index (κ3) is 4.32. The molecular formula is C20H19IN4O. The Morgan fingerprint density at radius 3 is 2.46 bits per heavy atom. The summed E-state index contributed by atoms with van der Waals surface area (Å²) in [5, 5.41) is 6.78. The molecule has 0 saturated heterocycles. The Bertz CT molecular complexity index is 930. The van der Waals surface area contributed by atoms with Gasteiger partial charge in [-0.15, -0.1) is 0 Å². The van der Waals surface area contributed by atoms with Gasteiger partial charge in [0.1, 0.15) is 0 Å². The Labute approximate surface area is 166 Å². The van der Waals surface area contributed by atoms with Crippen LogP contribution >= 0.6 is 22.6 Å². The molecule has 2 aromatic carbocycles. The fourth-order valence-corrected chi connectivity index (χ4v) is 3.11. The van der Waals surface area contributed by atoms with E-state index in [1.807, 2.05) is 43.3 Å². The van der Waals surface area contributed by atoms with Crippen molar-refractivity contribution in [2.45, 2.75) is 13.8 Å². The number of para-hydroxylation sites is 1. The molecule has 0 spiro atoms. The van der Waals surface area contributed by atoms with Crippen LogP contribution in [-0.2, 0) is 0 Å². The molecular weight excluding hydrogens is 439 g/mol. The lowest BCUT2D eigenvalue weighted by Crippen LogP contribution is -2.24. The van der Waals surface area contributed by atoms with Gasteiger partial charge in [0.15, 0.2) is 0 Å². The van der Waals surface area contributed by atoms with Gasteiger partial charge in [-0.25, -0.2) is 10.2 Å². The number of amides is 2. The van der Waals surface area contributed by atoms with E-state index in [2.05, 4.69) is 74.2 Å². The Morgan fingerprint density at radius 2 is 1.77 bits per heavy atom. The van der Waals surface area contributed by atoms with Gasteiger partial charge in [-0.05, 0) is 78.9 Å². The van der Waals surface area contributed by atoms with Crippen molar-refractivity contribution < 1.29 is 4.79 Å². The van der Waals surface area contributed by atoms with Crippen LogP contribution < -0.4 is 10.7 Å². The molecule has 0 saturated carbocycles. The van der Waals surface area contributed by atoms with E-state index in [9.17, 15) is 4.79 Å². The minimum atomic E-state index is -0.376. The number of aromatic nitrogens is 1. The average Bonchev–Trinajstić information content (AvgIpc) is 2.90. The minimum absolute atomic E-state index is 0.376. The van der Waals surface area contributed by atoms with E-state index in [0.717, 1.165) is 28.3 Å². The topological polar surface area (TPSA) is 58.4 Å². The van der Waals surface area contributed by atoms with E-state index < -0.39 is 0 Å². The van der Waals surface area contributed by atoms with Crippen LogP contribution in [0, 0.1) is 17.4 Å². The molecule has 0 fully saturated rings. The zero-order valence-corrected chi connectivity index (χ0v) is 16.7. The zero-order valence-electron chi connectivity index (χ0n) is 14.5. The molecule has 2 N–H and O–H groups in total. The standard InChI is InChI=1S/C20H19IN4O/c1-14-12-16(15(2)25(14)19-10-8-17(21)9-11-19)13-22-24-20(26)23-18-6-4-3-5-7-18/h3-13H,1-2H3,(H2,23,24,26)/b22-13+. The number of carbonyl (C=O) groups excluding carboxylic acids is 1. The molecule has 5 nitrogen and oxygen atoms in total. The Balaban J connectivity index is 1.70. The van der Waals surface area contributed by atoms with Gasteiger partial charge in [0, 0.05) is 31.9 Å². The van der Waals surface area contributed by atoms with Crippen molar-refractivity contribution in [2.75, 3.05) is 5.32 Å². The molecule has 0 aliphatic carbocycles. The van der Waals surface area contributed by atoms with E-state index in [1.54, 1.807) is 6.21 Å². The highest BCUT2D eigenvalue weighted by Crippen LogP contribution is 2.20. The number of rotatable bonds is 4. The first-order valence-corrected chi connectivity index (χ1v) is 9.22. The van der Waals surface area contributed by atoms with Crippen molar-refractivity contribution in [1.29, 1.82) is 0 Å². The van der Waals surface area contributed by atoms with Crippen LogP contribution in [0.15, 0.2) is 65.8 Å². The predicted octanol–water partition coefficient (Wildman–Crippen LogP) is 4.85. The first-order valence-electron chi connectivity index (χ1n) is 8.14. The third-order valence-electron chi connectivity index (χ3n) is 3.96. The van der Waals surface area contributed by atoms with Gasteiger partial charge in [-0.2, -0.15) is 5.10 Å². The maximum Gasteiger partial charge on any atom is 0.339 e. The molecule has 0 unspecified atom stereocenters. The van der Waals surface area contributed by atoms with Gasteiger partial charge in [0.25, 0.3) is 0 Å². The van der Waals surface area contributed by atoms with Crippen LogP contribution in [0.4, 0.5) is 10.5 Å². The Kier molecular flexibility index (Phi) is 5.72. The molecule has 0 atom stereocenters. The summed E-state index contributed by atoms with van der Waals surface area (Å²) < 4.78 is 3.37. The number of anilines is 1. The monoisotopic (exact) mass is 458 g/mol. The van der Waals surface area contributed by atoms with Crippen molar-refractivity contribution in [1.82, 2.24) is 9.99 Å². The molecule has 26 heavy (non-hydrogen) atoms. The third-order valence-corrected chi connectivity index (χ3v) is 4.68. The number of nitrogens with zero attached hydrogens (tertiary/aromatic N) is 2. The van der Waals surface area contributed by atoms with Crippen LogP contribution in [0.2, 0.25) is 0 Å².